The number of hydrogen-bond acceptors (Lipinski definition) is 7. The van der Waals surface area contributed by atoms with Crippen LogP contribution in [0.5, 0.6) is 5.75 Å². The number of hydrogen-bond donors (Lipinski definition) is 2. The lowest BCUT2D eigenvalue weighted by atomic mass is 9.77. The summed E-state index contributed by atoms with van der Waals surface area (Å²) < 4.78 is 20.7. The average Bonchev–Trinajstić information content (AvgIpc) is 3.12. The van der Waals surface area contributed by atoms with E-state index in [4.69, 9.17) is 4.42 Å². The second kappa shape index (κ2) is 7.25. The van der Waals surface area contributed by atoms with Crippen molar-refractivity contribution in [1.82, 2.24) is 15.5 Å². The Morgan fingerprint density at radius 3 is 2.70 bits per heavy atom. The van der Waals surface area contributed by atoms with E-state index >= 15 is 4.39 Å². The molecule has 2 aliphatic rings. The molecule has 2 N–H and O–H groups in total. The second-order valence-corrected chi connectivity index (χ2v) is 10.5. The smallest absolute Gasteiger partial charge is 0.336 e. The Labute approximate surface area is 191 Å². The molecule has 3 aromatic rings. The fraction of sp³-hybridized carbons (Fsp3) is 0.480. The lowest BCUT2D eigenvalue weighted by Gasteiger charge is -2.51. The molecule has 0 unspecified atom stereocenters. The second-order valence-electron chi connectivity index (χ2n) is 10.5. The lowest BCUT2D eigenvalue weighted by molar-refractivity contribution is 0.0555. The van der Waals surface area contributed by atoms with Crippen LogP contribution in [0.25, 0.3) is 22.2 Å². The van der Waals surface area contributed by atoms with Crippen molar-refractivity contribution >= 4 is 16.8 Å². The summed E-state index contributed by atoms with van der Waals surface area (Å²) in [5.41, 5.74) is 1.81. The molecule has 1 fully saturated rings. The number of alkyl halides is 1. The first-order valence-electron chi connectivity index (χ1n) is 11.3. The van der Waals surface area contributed by atoms with E-state index in [1.807, 2.05) is 26.8 Å². The van der Waals surface area contributed by atoms with Gasteiger partial charge in [-0.3, -0.25) is 0 Å². The van der Waals surface area contributed by atoms with Crippen molar-refractivity contribution in [2.24, 2.45) is 0 Å². The first kappa shape index (κ1) is 21.8. The van der Waals surface area contributed by atoms with Gasteiger partial charge >= 0.3 is 5.63 Å². The van der Waals surface area contributed by atoms with Crippen molar-refractivity contribution in [1.29, 1.82) is 0 Å². The molecule has 8 heteroatoms. The largest absolute Gasteiger partial charge is 0.507 e. The molecular formula is C25H29FN4O3. The number of anilines is 1. The molecule has 0 radical (unpaired) electrons. The number of rotatable bonds is 2. The summed E-state index contributed by atoms with van der Waals surface area (Å²) in [5, 5.41) is 23.6. The van der Waals surface area contributed by atoms with E-state index in [9.17, 15) is 9.90 Å². The van der Waals surface area contributed by atoms with Crippen molar-refractivity contribution < 1.29 is 13.9 Å². The molecule has 4 heterocycles. The third-order valence-corrected chi connectivity index (χ3v) is 6.90. The standard InChI is InChI=1S/C25H29FN4O3/c1-13-8-21(32)33-20-11-19(31)16(10-15(13)20)17-9-14-6-7-30(23(14)28-27-17)18-12-24(2,3)29-25(4,5)22(18)26/h8-11,18,22,29,31H,6-7,12H2,1-5H3/t18-,22-/m0/s1. The number of phenols is 1. The van der Waals surface area contributed by atoms with Gasteiger partial charge in [0, 0.05) is 46.3 Å². The number of nitrogens with zero attached hydrogens (tertiary/aromatic N) is 3. The van der Waals surface area contributed by atoms with Crippen molar-refractivity contribution in [3.05, 3.63) is 45.8 Å². The van der Waals surface area contributed by atoms with Crippen LogP contribution in [0, 0.1) is 6.92 Å². The van der Waals surface area contributed by atoms with E-state index in [1.165, 1.54) is 12.1 Å². The molecule has 1 saturated heterocycles. The van der Waals surface area contributed by atoms with Crippen molar-refractivity contribution in [3.8, 4) is 17.0 Å². The minimum absolute atomic E-state index is 0.0361. The van der Waals surface area contributed by atoms with Crippen LogP contribution in [0.1, 0.15) is 45.2 Å². The molecule has 33 heavy (non-hydrogen) atoms. The van der Waals surface area contributed by atoms with Gasteiger partial charge < -0.3 is 19.7 Å². The topological polar surface area (TPSA) is 91.5 Å². The maximum absolute atomic E-state index is 15.5. The molecule has 5 rings (SSSR count). The number of fused-ring (bicyclic) bond motifs is 2. The Bertz CT molecular complexity index is 1320. The van der Waals surface area contributed by atoms with Crippen LogP contribution in [0.15, 0.2) is 33.5 Å². The SMILES string of the molecule is Cc1cc(=O)oc2cc(O)c(-c3cc4c(nn3)N([C@H]3CC(C)(C)NC(C)(C)[C@H]3F)CC4)cc12. The third-order valence-electron chi connectivity index (χ3n) is 6.90. The molecule has 174 valence electrons. The monoisotopic (exact) mass is 452 g/mol. The molecule has 2 atom stereocenters. The molecule has 7 nitrogen and oxygen atoms in total. The van der Waals surface area contributed by atoms with Crippen LogP contribution in [-0.2, 0) is 6.42 Å². The van der Waals surface area contributed by atoms with Gasteiger partial charge in [0.25, 0.3) is 0 Å². The molecule has 1 aromatic carbocycles. The van der Waals surface area contributed by atoms with Gasteiger partial charge in [-0.05, 0) is 65.2 Å². The number of piperidine rings is 1. The molecular weight excluding hydrogens is 423 g/mol. The van der Waals surface area contributed by atoms with Crippen LogP contribution >= 0.6 is 0 Å². The number of aryl methyl sites for hydroxylation is 1. The highest BCUT2D eigenvalue weighted by Gasteiger charge is 2.49. The fourth-order valence-corrected chi connectivity index (χ4v) is 5.58. The molecule has 0 amide bonds. The van der Waals surface area contributed by atoms with Gasteiger partial charge in [0.05, 0.1) is 11.7 Å². The van der Waals surface area contributed by atoms with E-state index in [0.29, 0.717) is 35.6 Å². The summed E-state index contributed by atoms with van der Waals surface area (Å²) >= 11 is 0. The average molecular weight is 453 g/mol. The number of phenolic OH excluding ortho intramolecular Hbond substituents is 1. The normalized spacial score (nSPS) is 23.6. The molecule has 0 saturated carbocycles. The third kappa shape index (κ3) is 3.66. The van der Waals surface area contributed by atoms with Gasteiger partial charge in [0.15, 0.2) is 5.82 Å². The molecule has 0 spiro atoms. The number of nitrogens with one attached hydrogen (secondary N) is 1. The maximum atomic E-state index is 15.5. The Morgan fingerprint density at radius 1 is 1.18 bits per heavy atom. The quantitative estimate of drug-likeness (QED) is 0.570. The van der Waals surface area contributed by atoms with Crippen molar-refractivity contribution in [3.63, 3.8) is 0 Å². The number of aromatic hydroxyl groups is 1. The number of halogens is 1. The molecule has 2 aromatic heterocycles. The van der Waals surface area contributed by atoms with Crippen molar-refractivity contribution in [2.75, 3.05) is 11.4 Å². The first-order valence-corrected chi connectivity index (χ1v) is 11.3. The Balaban J connectivity index is 1.52. The van der Waals surface area contributed by atoms with Gasteiger partial charge in [0.1, 0.15) is 17.5 Å². The zero-order valence-electron chi connectivity index (χ0n) is 19.6. The van der Waals surface area contributed by atoms with E-state index in [-0.39, 0.29) is 17.3 Å². The predicted molar refractivity (Wildman–Crippen MR) is 126 cm³/mol. The summed E-state index contributed by atoms with van der Waals surface area (Å²) in [4.78, 5) is 13.7. The van der Waals surface area contributed by atoms with Crippen LogP contribution in [0.3, 0.4) is 0 Å². The van der Waals surface area contributed by atoms with Gasteiger partial charge in [-0.15, -0.1) is 10.2 Å². The Hall–Kier alpha value is -3.00. The van der Waals surface area contributed by atoms with E-state index in [0.717, 1.165) is 22.9 Å². The van der Waals surface area contributed by atoms with Gasteiger partial charge in [-0.2, -0.15) is 0 Å². The van der Waals surface area contributed by atoms with Crippen LogP contribution in [0.4, 0.5) is 10.2 Å². The van der Waals surface area contributed by atoms with Crippen molar-refractivity contribution in [2.45, 2.75) is 70.8 Å². The van der Waals surface area contributed by atoms with Crippen LogP contribution in [0.2, 0.25) is 0 Å². The zero-order chi connectivity index (χ0) is 23.7. The highest BCUT2D eigenvalue weighted by molar-refractivity contribution is 5.88. The highest BCUT2D eigenvalue weighted by Crippen LogP contribution is 2.40. The summed E-state index contributed by atoms with van der Waals surface area (Å²) in [6, 6.07) is 6.25. The number of benzene rings is 1. The highest BCUT2D eigenvalue weighted by atomic mass is 19.1. The summed E-state index contributed by atoms with van der Waals surface area (Å²) in [6.45, 7) is 10.5. The fourth-order valence-electron chi connectivity index (χ4n) is 5.58. The molecule has 2 aliphatic heterocycles. The first-order chi connectivity index (χ1) is 15.4. The van der Waals surface area contributed by atoms with E-state index in [2.05, 4.69) is 34.3 Å². The minimum Gasteiger partial charge on any atom is -0.507 e. The minimum atomic E-state index is -1.06. The van der Waals surface area contributed by atoms with Gasteiger partial charge in [0.2, 0.25) is 0 Å². The summed E-state index contributed by atoms with van der Waals surface area (Å²) in [5.74, 6) is 0.674. The number of aromatic nitrogens is 2. The lowest BCUT2D eigenvalue weighted by Crippen LogP contribution is -2.69. The Morgan fingerprint density at radius 2 is 1.94 bits per heavy atom. The summed E-state index contributed by atoms with van der Waals surface area (Å²) in [6.07, 6.45) is 0.341. The van der Waals surface area contributed by atoms with E-state index < -0.39 is 17.3 Å². The molecule has 0 bridgehead atoms. The van der Waals surface area contributed by atoms with Gasteiger partial charge in [-0.25, -0.2) is 9.18 Å². The van der Waals surface area contributed by atoms with E-state index in [1.54, 1.807) is 6.07 Å². The van der Waals surface area contributed by atoms with Crippen LogP contribution in [-0.4, -0.2) is 45.1 Å². The van der Waals surface area contributed by atoms with Gasteiger partial charge in [-0.1, -0.05) is 0 Å². The zero-order valence-corrected chi connectivity index (χ0v) is 19.6. The maximum Gasteiger partial charge on any atom is 0.336 e. The molecule has 0 aliphatic carbocycles. The summed E-state index contributed by atoms with van der Waals surface area (Å²) in [7, 11) is 0. The van der Waals surface area contributed by atoms with Crippen LogP contribution < -0.4 is 15.8 Å². The predicted octanol–water partition coefficient (Wildman–Crippen LogP) is 3.88. The Kier molecular flexibility index (Phi) is 4.79.